The van der Waals surface area contributed by atoms with Gasteiger partial charge in [0.05, 0.1) is 16.7 Å². The van der Waals surface area contributed by atoms with E-state index in [1.54, 1.807) is 24.4 Å². The SMILES string of the molecule is CC1(C)C(=O)N(C2CC2)C2=CC(NC(=O)c3cccnc3)=C(F)CC21. The van der Waals surface area contributed by atoms with Crippen LogP contribution in [0.4, 0.5) is 4.39 Å². The number of hydrogen-bond acceptors (Lipinski definition) is 3. The van der Waals surface area contributed by atoms with Gasteiger partial charge in [-0.3, -0.25) is 14.6 Å². The lowest BCUT2D eigenvalue weighted by atomic mass is 9.76. The second-order valence-electron chi connectivity index (χ2n) is 7.47. The molecule has 3 aliphatic rings. The number of carbonyl (C=O) groups is 2. The molecule has 1 atom stereocenters. The third kappa shape index (κ3) is 2.56. The van der Waals surface area contributed by atoms with Gasteiger partial charge in [0.1, 0.15) is 5.83 Å². The number of nitrogens with zero attached hydrogens (tertiary/aromatic N) is 2. The van der Waals surface area contributed by atoms with Crippen LogP contribution in [0.15, 0.2) is 47.8 Å². The largest absolute Gasteiger partial charge is 0.320 e. The average Bonchev–Trinajstić information content (AvgIpc) is 3.40. The van der Waals surface area contributed by atoms with Gasteiger partial charge < -0.3 is 10.2 Å². The molecule has 2 heterocycles. The van der Waals surface area contributed by atoms with Gasteiger partial charge in [-0.05, 0) is 31.1 Å². The first-order valence-corrected chi connectivity index (χ1v) is 8.55. The number of nitrogens with one attached hydrogen (secondary N) is 1. The van der Waals surface area contributed by atoms with Crippen molar-refractivity contribution >= 4 is 11.8 Å². The Balaban J connectivity index is 1.64. The summed E-state index contributed by atoms with van der Waals surface area (Å²) in [5.74, 6) is -0.918. The highest BCUT2D eigenvalue weighted by Crippen LogP contribution is 2.52. The number of halogens is 1. The van der Waals surface area contributed by atoms with E-state index < -0.39 is 11.3 Å². The fourth-order valence-corrected chi connectivity index (χ4v) is 3.66. The monoisotopic (exact) mass is 341 g/mol. The number of aromatic nitrogens is 1. The van der Waals surface area contributed by atoms with Crippen molar-refractivity contribution in [1.29, 1.82) is 0 Å². The third-order valence-electron chi connectivity index (χ3n) is 5.33. The van der Waals surface area contributed by atoms with Crippen LogP contribution in [0, 0.1) is 11.3 Å². The van der Waals surface area contributed by atoms with Crippen molar-refractivity contribution in [3.8, 4) is 0 Å². The van der Waals surface area contributed by atoms with Gasteiger partial charge in [0, 0.05) is 36.5 Å². The number of rotatable bonds is 3. The minimum absolute atomic E-state index is 0.0545. The smallest absolute Gasteiger partial charge is 0.257 e. The Morgan fingerprint density at radius 3 is 2.80 bits per heavy atom. The zero-order valence-corrected chi connectivity index (χ0v) is 14.3. The average molecular weight is 341 g/mol. The molecule has 1 aliphatic heterocycles. The highest BCUT2D eigenvalue weighted by atomic mass is 19.1. The minimum atomic E-state index is -0.620. The van der Waals surface area contributed by atoms with Crippen molar-refractivity contribution in [2.24, 2.45) is 11.3 Å². The Morgan fingerprint density at radius 2 is 2.16 bits per heavy atom. The van der Waals surface area contributed by atoms with E-state index in [1.807, 2.05) is 18.7 Å². The molecule has 0 bridgehead atoms. The number of pyridine rings is 1. The molecule has 2 fully saturated rings. The van der Waals surface area contributed by atoms with Crippen molar-refractivity contribution in [3.63, 3.8) is 0 Å². The maximum Gasteiger partial charge on any atom is 0.257 e. The molecule has 1 saturated heterocycles. The van der Waals surface area contributed by atoms with Gasteiger partial charge in [0.25, 0.3) is 5.91 Å². The van der Waals surface area contributed by atoms with E-state index in [9.17, 15) is 14.0 Å². The van der Waals surface area contributed by atoms with Crippen molar-refractivity contribution < 1.29 is 14.0 Å². The van der Waals surface area contributed by atoms with Crippen LogP contribution < -0.4 is 5.32 Å². The molecule has 130 valence electrons. The number of fused-ring (bicyclic) bond motifs is 1. The topological polar surface area (TPSA) is 62.3 Å². The first-order valence-electron chi connectivity index (χ1n) is 8.55. The van der Waals surface area contributed by atoms with Crippen LogP contribution in [-0.4, -0.2) is 27.7 Å². The fraction of sp³-hybridized carbons (Fsp3) is 0.421. The summed E-state index contributed by atoms with van der Waals surface area (Å²) in [6.45, 7) is 3.76. The number of likely N-dealkylation sites (tertiary alicyclic amines) is 1. The minimum Gasteiger partial charge on any atom is -0.320 e. The molecule has 2 aliphatic carbocycles. The number of allylic oxidation sites excluding steroid dienone is 3. The van der Waals surface area contributed by atoms with Gasteiger partial charge in [0.2, 0.25) is 5.91 Å². The molecule has 0 aromatic carbocycles. The van der Waals surface area contributed by atoms with Gasteiger partial charge >= 0.3 is 0 Å². The van der Waals surface area contributed by atoms with E-state index in [0.29, 0.717) is 5.56 Å². The van der Waals surface area contributed by atoms with Crippen molar-refractivity contribution in [3.05, 3.63) is 53.4 Å². The van der Waals surface area contributed by atoms with Crippen LogP contribution in [0.1, 0.15) is 43.5 Å². The summed E-state index contributed by atoms with van der Waals surface area (Å²) < 4.78 is 14.7. The zero-order valence-electron chi connectivity index (χ0n) is 14.3. The molecule has 1 aromatic rings. The van der Waals surface area contributed by atoms with Crippen LogP contribution in [0.2, 0.25) is 0 Å². The van der Waals surface area contributed by atoms with Gasteiger partial charge in [-0.25, -0.2) is 4.39 Å². The Morgan fingerprint density at radius 1 is 1.40 bits per heavy atom. The second-order valence-corrected chi connectivity index (χ2v) is 7.47. The van der Waals surface area contributed by atoms with Gasteiger partial charge in [-0.2, -0.15) is 0 Å². The fourth-order valence-electron chi connectivity index (χ4n) is 3.66. The summed E-state index contributed by atoms with van der Waals surface area (Å²) in [5, 5.41) is 2.63. The Hall–Kier alpha value is -2.50. The molecule has 1 N–H and O–H groups in total. The van der Waals surface area contributed by atoms with E-state index in [-0.39, 0.29) is 35.8 Å². The van der Waals surface area contributed by atoms with Crippen LogP contribution in [0.5, 0.6) is 0 Å². The van der Waals surface area contributed by atoms with Gasteiger partial charge in [-0.15, -0.1) is 0 Å². The predicted octanol–water partition coefficient (Wildman–Crippen LogP) is 2.93. The molecular weight excluding hydrogens is 321 g/mol. The Labute approximate surface area is 145 Å². The lowest BCUT2D eigenvalue weighted by molar-refractivity contribution is -0.135. The molecule has 0 radical (unpaired) electrons. The van der Waals surface area contributed by atoms with E-state index in [2.05, 4.69) is 10.3 Å². The maximum absolute atomic E-state index is 14.7. The third-order valence-corrected chi connectivity index (χ3v) is 5.33. The molecule has 0 spiro atoms. The Kier molecular flexibility index (Phi) is 3.52. The summed E-state index contributed by atoms with van der Waals surface area (Å²) in [5.41, 5.74) is 0.729. The van der Waals surface area contributed by atoms with Crippen LogP contribution in [0.25, 0.3) is 0 Å². The van der Waals surface area contributed by atoms with E-state index in [4.69, 9.17) is 0 Å². The van der Waals surface area contributed by atoms with Crippen LogP contribution in [0.3, 0.4) is 0 Å². The first-order chi connectivity index (χ1) is 11.9. The molecule has 1 unspecified atom stereocenters. The highest BCUT2D eigenvalue weighted by molar-refractivity contribution is 5.95. The van der Waals surface area contributed by atoms with Crippen molar-refractivity contribution in [2.45, 2.75) is 39.2 Å². The molecule has 4 rings (SSSR count). The molecule has 5 nitrogen and oxygen atoms in total. The summed E-state index contributed by atoms with van der Waals surface area (Å²) >= 11 is 0. The maximum atomic E-state index is 14.7. The predicted molar refractivity (Wildman–Crippen MR) is 89.7 cm³/mol. The van der Waals surface area contributed by atoms with E-state index >= 15 is 0 Å². The van der Waals surface area contributed by atoms with Crippen molar-refractivity contribution in [1.82, 2.24) is 15.2 Å². The summed E-state index contributed by atoms with van der Waals surface area (Å²) in [6, 6.07) is 3.50. The van der Waals surface area contributed by atoms with Gasteiger partial charge in [-0.1, -0.05) is 13.8 Å². The summed E-state index contributed by atoms with van der Waals surface area (Å²) in [6.07, 6.45) is 6.75. The Bertz CT molecular complexity index is 809. The van der Waals surface area contributed by atoms with Crippen molar-refractivity contribution in [2.75, 3.05) is 0 Å². The molecule has 25 heavy (non-hydrogen) atoms. The summed E-state index contributed by atoms with van der Waals surface area (Å²) in [7, 11) is 0. The first kappa shape index (κ1) is 16.0. The quantitative estimate of drug-likeness (QED) is 0.919. The van der Waals surface area contributed by atoms with E-state index in [0.717, 1.165) is 18.5 Å². The lowest BCUT2D eigenvalue weighted by Crippen LogP contribution is -2.32. The number of hydrogen-bond donors (Lipinski definition) is 1. The molecule has 1 aromatic heterocycles. The second kappa shape index (κ2) is 5.51. The standard InChI is InChI=1S/C19H20FN3O2/c1-19(2)13-8-14(20)15(22-17(24)11-4-3-7-21-10-11)9-16(13)23(18(19)25)12-5-6-12/h3-4,7,9-10,12-13H,5-6,8H2,1-2H3,(H,22,24). The zero-order chi connectivity index (χ0) is 17.8. The normalized spacial score (nSPS) is 24.9. The van der Waals surface area contributed by atoms with E-state index in [1.165, 1.54) is 6.20 Å². The lowest BCUT2D eigenvalue weighted by Gasteiger charge is -2.27. The van der Waals surface area contributed by atoms with Gasteiger partial charge in [0.15, 0.2) is 0 Å². The number of carbonyl (C=O) groups excluding carboxylic acids is 2. The molecular formula is C19H20FN3O2. The molecule has 6 heteroatoms. The highest BCUT2D eigenvalue weighted by Gasteiger charge is 2.55. The van der Waals surface area contributed by atoms with Crippen LogP contribution in [-0.2, 0) is 4.79 Å². The molecule has 2 amide bonds. The molecule has 1 saturated carbocycles. The van der Waals surface area contributed by atoms with Crippen LogP contribution >= 0.6 is 0 Å². The number of amides is 2. The summed E-state index contributed by atoms with van der Waals surface area (Å²) in [4.78, 5) is 30.8.